The summed E-state index contributed by atoms with van der Waals surface area (Å²) in [5, 5.41) is 13.9. The van der Waals surface area contributed by atoms with Crippen molar-refractivity contribution in [2.75, 3.05) is 10.6 Å². The minimum atomic E-state index is -0.255. The Balaban J connectivity index is 1.52. The van der Waals surface area contributed by atoms with Crippen molar-refractivity contribution in [2.24, 2.45) is 5.92 Å². The second kappa shape index (κ2) is 6.51. The number of nitrogens with one attached hydrogen (secondary N) is 2. The number of carbonyl (C=O) groups excluding carboxylic acids is 1. The largest absolute Gasteiger partial charge is 0.365 e. The van der Waals surface area contributed by atoms with Crippen LogP contribution in [0.25, 0.3) is 0 Å². The molecule has 22 heavy (non-hydrogen) atoms. The van der Waals surface area contributed by atoms with Crippen LogP contribution in [0.15, 0.2) is 36.4 Å². The third-order valence-corrected chi connectivity index (χ3v) is 3.78. The molecular weight excluding hydrogens is 283 g/mol. The highest BCUT2D eigenvalue weighted by Crippen LogP contribution is 2.27. The molecule has 2 aromatic rings. The van der Waals surface area contributed by atoms with Crippen LogP contribution < -0.4 is 10.6 Å². The molecular formula is C16H17FN4O. The van der Waals surface area contributed by atoms with Crippen molar-refractivity contribution >= 4 is 17.5 Å². The Morgan fingerprint density at radius 2 is 1.77 bits per heavy atom. The summed E-state index contributed by atoms with van der Waals surface area (Å²) in [5.41, 5.74) is 0.950. The lowest BCUT2D eigenvalue weighted by molar-refractivity contribution is -0.122. The molecule has 1 saturated carbocycles. The number of rotatable bonds is 5. The molecule has 0 saturated heterocycles. The lowest BCUT2D eigenvalue weighted by Gasteiger charge is -2.23. The summed E-state index contributed by atoms with van der Waals surface area (Å²) < 4.78 is 12.8. The van der Waals surface area contributed by atoms with Gasteiger partial charge < -0.3 is 10.6 Å². The van der Waals surface area contributed by atoms with Crippen LogP contribution >= 0.6 is 0 Å². The van der Waals surface area contributed by atoms with Crippen LogP contribution in [0, 0.1) is 11.7 Å². The second-order valence-electron chi connectivity index (χ2n) is 5.40. The molecule has 1 aromatic heterocycles. The number of nitrogens with zero attached hydrogens (tertiary/aromatic N) is 2. The second-order valence-corrected chi connectivity index (χ2v) is 5.40. The van der Waals surface area contributed by atoms with E-state index in [1.54, 1.807) is 24.3 Å². The normalized spacial score (nSPS) is 14.2. The third-order valence-electron chi connectivity index (χ3n) is 3.78. The molecule has 0 radical (unpaired) electrons. The Morgan fingerprint density at radius 3 is 2.36 bits per heavy atom. The maximum absolute atomic E-state index is 12.8. The molecule has 2 N–H and O–H groups in total. The zero-order chi connectivity index (χ0) is 15.4. The van der Waals surface area contributed by atoms with Gasteiger partial charge >= 0.3 is 0 Å². The van der Waals surface area contributed by atoms with Gasteiger partial charge in [0.15, 0.2) is 5.82 Å². The third kappa shape index (κ3) is 3.58. The molecule has 1 aromatic carbocycles. The van der Waals surface area contributed by atoms with Crippen molar-refractivity contribution in [3.63, 3.8) is 0 Å². The summed E-state index contributed by atoms with van der Waals surface area (Å²) in [6.07, 6.45) is 3.03. The van der Waals surface area contributed by atoms with Gasteiger partial charge in [-0.3, -0.25) is 4.79 Å². The van der Waals surface area contributed by atoms with Crippen LogP contribution in [0.5, 0.6) is 0 Å². The van der Waals surface area contributed by atoms with E-state index < -0.39 is 0 Å². The molecule has 0 unspecified atom stereocenters. The maximum atomic E-state index is 12.8. The molecule has 0 aliphatic heterocycles. The first-order chi connectivity index (χ1) is 10.7. The number of amides is 1. The van der Waals surface area contributed by atoms with Crippen LogP contribution in [0.4, 0.5) is 16.0 Å². The molecule has 114 valence electrons. The number of anilines is 2. The van der Waals surface area contributed by atoms with Crippen molar-refractivity contribution < 1.29 is 9.18 Å². The number of aromatic nitrogens is 2. The van der Waals surface area contributed by atoms with Crippen molar-refractivity contribution in [3.8, 4) is 0 Å². The van der Waals surface area contributed by atoms with Gasteiger partial charge in [-0.25, -0.2) is 4.39 Å². The van der Waals surface area contributed by atoms with Gasteiger partial charge in [0.05, 0.1) is 0 Å². The van der Waals surface area contributed by atoms with E-state index >= 15 is 0 Å². The molecule has 1 fully saturated rings. The topological polar surface area (TPSA) is 66.9 Å². The molecule has 0 spiro atoms. The molecule has 1 aliphatic rings. The lowest BCUT2D eigenvalue weighted by atomic mass is 9.85. The molecule has 1 aliphatic carbocycles. The average Bonchev–Trinajstić information content (AvgIpc) is 2.46. The number of benzene rings is 1. The highest BCUT2D eigenvalue weighted by atomic mass is 19.1. The van der Waals surface area contributed by atoms with E-state index in [9.17, 15) is 9.18 Å². The number of carbonyl (C=O) groups is 1. The van der Waals surface area contributed by atoms with E-state index in [2.05, 4.69) is 20.8 Å². The Morgan fingerprint density at radius 1 is 1.09 bits per heavy atom. The smallest absolute Gasteiger partial charge is 0.228 e. The average molecular weight is 300 g/mol. The summed E-state index contributed by atoms with van der Waals surface area (Å²) in [7, 11) is 0. The molecule has 5 nitrogen and oxygen atoms in total. The molecule has 6 heteroatoms. The Kier molecular flexibility index (Phi) is 4.27. The van der Waals surface area contributed by atoms with Gasteiger partial charge in [-0.05, 0) is 42.7 Å². The van der Waals surface area contributed by atoms with Crippen molar-refractivity contribution in [1.82, 2.24) is 10.2 Å². The van der Waals surface area contributed by atoms with E-state index in [-0.39, 0.29) is 17.6 Å². The molecule has 0 bridgehead atoms. The highest BCUT2D eigenvalue weighted by Gasteiger charge is 2.25. The zero-order valence-electron chi connectivity index (χ0n) is 12.1. The Bertz CT molecular complexity index is 638. The number of hydrogen-bond donors (Lipinski definition) is 2. The van der Waals surface area contributed by atoms with E-state index in [0.717, 1.165) is 24.8 Å². The quantitative estimate of drug-likeness (QED) is 0.891. The van der Waals surface area contributed by atoms with E-state index in [4.69, 9.17) is 0 Å². The Hall–Kier alpha value is -2.50. The molecule has 3 rings (SSSR count). The van der Waals surface area contributed by atoms with Gasteiger partial charge in [0, 0.05) is 12.5 Å². The van der Waals surface area contributed by atoms with Gasteiger partial charge in [-0.15, -0.1) is 10.2 Å². The van der Waals surface area contributed by atoms with Crippen molar-refractivity contribution in [3.05, 3.63) is 47.8 Å². The highest BCUT2D eigenvalue weighted by molar-refractivity contribution is 5.92. The number of hydrogen-bond acceptors (Lipinski definition) is 4. The van der Waals surface area contributed by atoms with Crippen LogP contribution in [-0.2, 0) is 11.3 Å². The maximum Gasteiger partial charge on any atom is 0.228 e. The van der Waals surface area contributed by atoms with Crippen molar-refractivity contribution in [2.45, 2.75) is 25.8 Å². The first kappa shape index (κ1) is 14.4. The van der Waals surface area contributed by atoms with E-state index in [1.165, 1.54) is 12.1 Å². The summed E-state index contributed by atoms with van der Waals surface area (Å²) in [6.45, 7) is 0.530. The van der Waals surface area contributed by atoms with E-state index in [0.29, 0.717) is 18.2 Å². The SMILES string of the molecule is O=C(Nc1ccc(NCc2ccc(F)cc2)nn1)C1CCC1. The monoisotopic (exact) mass is 300 g/mol. The van der Waals surface area contributed by atoms with Crippen LogP contribution in [0.1, 0.15) is 24.8 Å². The number of halogens is 1. The Labute approximate surface area is 128 Å². The summed E-state index contributed by atoms with van der Waals surface area (Å²) in [6, 6.07) is 9.74. The zero-order valence-corrected chi connectivity index (χ0v) is 12.1. The van der Waals surface area contributed by atoms with E-state index in [1.807, 2.05) is 0 Å². The fourth-order valence-electron chi connectivity index (χ4n) is 2.19. The first-order valence-electron chi connectivity index (χ1n) is 7.33. The van der Waals surface area contributed by atoms with Crippen molar-refractivity contribution in [1.29, 1.82) is 0 Å². The van der Waals surface area contributed by atoms with Gasteiger partial charge in [0.2, 0.25) is 5.91 Å². The first-order valence-corrected chi connectivity index (χ1v) is 7.33. The molecule has 1 heterocycles. The lowest BCUT2D eigenvalue weighted by Crippen LogP contribution is -2.28. The van der Waals surface area contributed by atoms with Gasteiger partial charge in [-0.1, -0.05) is 18.6 Å². The summed E-state index contributed by atoms with van der Waals surface area (Å²) in [5.74, 6) is 0.955. The standard InChI is InChI=1S/C16H17FN4O/c17-13-6-4-11(5-7-13)10-18-14-8-9-15(21-20-14)19-16(22)12-2-1-3-12/h4-9,12H,1-3,10H2,(H,18,20)(H,19,21,22). The molecule has 1 amide bonds. The molecule has 0 atom stereocenters. The van der Waals surface area contributed by atoms with Gasteiger partial charge in [0.1, 0.15) is 11.6 Å². The van der Waals surface area contributed by atoms with Crippen LogP contribution in [-0.4, -0.2) is 16.1 Å². The fraction of sp³-hybridized carbons (Fsp3) is 0.312. The van der Waals surface area contributed by atoms with Gasteiger partial charge in [-0.2, -0.15) is 0 Å². The summed E-state index contributed by atoms with van der Waals surface area (Å²) in [4.78, 5) is 11.8. The fourth-order valence-corrected chi connectivity index (χ4v) is 2.19. The predicted molar refractivity (Wildman–Crippen MR) is 81.7 cm³/mol. The van der Waals surface area contributed by atoms with Crippen LogP contribution in [0.2, 0.25) is 0 Å². The summed E-state index contributed by atoms with van der Waals surface area (Å²) >= 11 is 0. The minimum absolute atomic E-state index is 0.0209. The van der Waals surface area contributed by atoms with Crippen LogP contribution in [0.3, 0.4) is 0 Å². The van der Waals surface area contributed by atoms with Gasteiger partial charge in [0.25, 0.3) is 0 Å². The predicted octanol–water partition coefficient (Wildman–Crippen LogP) is 2.97. The minimum Gasteiger partial charge on any atom is -0.365 e.